The van der Waals surface area contributed by atoms with Crippen molar-refractivity contribution in [3.8, 4) is 11.5 Å². The molecular weight excluding hydrogens is 188 g/mol. The van der Waals surface area contributed by atoms with Gasteiger partial charge in [-0.25, -0.2) is 0 Å². The number of rotatable bonds is 1. The van der Waals surface area contributed by atoms with E-state index in [4.69, 9.17) is 16.0 Å². The monoisotopic (exact) mass is 196 g/mol. The quantitative estimate of drug-likeness (QED) is 0.702. The van der Waals surface area contributed by atoms with Crippen molar-refractivity contribution >= 4 is 11.6 Å². The SMILES string of the molecule is Cc1c(Cl)c(-c2ccco2)nn1C. The van der Waals surface area contributed by atoms with Crippen LogP contribution in [0.4, 0.5) is 0 Å². The number of halogens is 1. The molecule has 0 atom stereocenters. The summed E-state index contributed by atoms with van der Waals surface area (Å²) in [5.41, 5.74) is 1.64. The molecule has 2 rings (SSSR count). The van der Waals surface area contributed by atoms with E-state index in [9.17, 15) is 0 Å². The summed E-state index contributed by atoms with van der Waals surface area (Å²) in [4.78, 5) is 0. The van der Waals surface area contributed by atoms with Crippen molar-refractivity contribution in [1.82, 2.24) is 9.78 Å². The zero-order chi connectivity index (χ0) is 9.42. The average molecular weight is 197 g/mol. The largest absolute Gasteiger partial charge is 0.463 e. The lowest BCUT2D eigenvalue weighted by atomic mass is 10.3. The fourth-order valence-corrected chi connectivity index (χ4v) is 1.41. The summed E-state index contributed by atoms with van der Waals surface area (Å²) in [6.45, 7) is 1.92. The number of nitrogens with zero attached hydrogens (tertiary/aromatic N) is 2. The first kappa shape index (κ1) is 8.38. The normalized spacial score (nSPS) is 10.7. The van der Waals surface area contributed by atoms with E-state index in [1.165, 1.54) is 0 Å². The van der Waals surface area contributed by atoms with Gasteiger partial charge < -0.3 is 4.42 Å². The van der Waals surface area contributed by atoms with Gasteiger partial charge in [0.15, 0.2) is 5.76 Å². The van der Waals surface area contributed by atoms with Crippen LogP contribution in [-0.2, 0) is 7.05 Å². The minimum atomic E-state index is 0.650. The number of aryl methyl sites for hydroxylation is 1. The fourth-order valence-electron chi connectivity index (χ4n) is 1.15. The second kappa shape index (κ2) is 2.92. The lowest BCUT2D eigenvalue weighted by Gasteiger charge is -1.89. The zero-order valence-electron chi connectivity index (χ0n) is 7.41. The van der Waals surface area contributed by atoms with Gasteiger partial charge in [0.2, 0.25) is 0 Å². The molecule has 2 aromatic heterocycles. The molecule has 3 nitrogen and oxygen atoms in total. The molecule has 0 aromatic carbocycles. The van der Waals surface area contributed by atoms with Crippen molar-refractivity contribution < 1.29 is 4.42 Å². The minimum absolute atomic E-state index is 0.650. The molecule has 0 spiro atoms. The number of furan rings is 1. The van der Waals surface area contributed by atoms with Crippen molar-refractivity contribution in [2.45, 2.75) is 6.92 Å². The van der Waals surface area contributed by atoms with Crippen LogP contribution in [-0.4, -0.2) is 9.78 Å². The lowest BCUT2D eigenvalue weighted by molar-refractivity contribution is 0.578. The van der Waals surface area contributed by atoms with Crippen LogP contribution in [0.5, 0.6) is 0 Å². The molecule has 68 valence electrons. The Bertz CT molecular complexity index is 417. The van der Waals surface area contributed by atoms with Crippen LogP contribution < -0.4 is 0 Å². The predicted molar refractivity (Wildman–Crippen MR) is 50.7 cm³/mol. The molecule has 0 amide bonds. The van der Waals surface area contributed by atoms with E-state index in [0.717, 1.165) is 5.69 Å². The highest BCUT2D eigenvalue weighted by Gasteiger charge is 2.14. The Hall–Kier alpha value is -1.22. The average Bonchev–Trinajstić information content (AvgIpc) is 2.70. The van der Waals surface area contributed by atoms with E-state index in [-0.39, 0.29) is 0 Å². The number of hydrogen-bond donors (Lipinski definition) is 0. The maximum atomic E-state index is 6.06. The molecule has 0 bridgehead atoms. The van der Waals surface area contributed by atoms with E-state index in [2.05, 4.69) is 5.10 Å². The molecule has 0 unspecified atom stereocenters. The molecule has 0 aliphatic rings. The predicted octanol–water partition coefficient (Wildman–Crippen LogP) is 2.64. The maximum Gasteiger partial charge on any atom is 0.155 e. The standard InChI is InChI=1S/C9H9ClN2O/c1-6-8(10)9(11-12(6)2)7-4-3-5-13-7/h3-5H,1-2H3. The molecule has 0 N–H and O–H groups in total. The summed E-state index contributed by atoms with van der Waals surface area (Å²) in [6.07, 6.45) is 1.61. The molecule has 13 heavy (non-hydrogen) atoms. The van der Waals surface area contributed by atoms with Gasteiger partial charge in [0.05, 0.1) is 17.0 Å². The summed E-state index contributed by atoms with van der Waals surface area (Å²) in [6, 6.07) is 3.66. The molecule has 0 radical (unpaired) electrons. The van der Waals surface area contributed by atoms with Gasteiger partial charge in [-0.1, -0.05) is 11.6 Å². The van der Waals surface area contributed by atoms with Gasteiger partial charge in [-0.05, 0) is 19.1 Å². The second-order valence-corrected chi connectivity index (χ2v) is 3.23. The third-order valence-corrected chi connectivity index (χ3v) is 2.47. The Morgan fingerprint density at radius 1 is 1.54 bits per heavy atom. The molecule has 0 aliphatic heterocycles. The summed E-state index contributed by atoms with van der Waals surface area (Å²) < 4.78 is 6.94. The maximum absolute atomic E-state index is 6.06. The second-order valence-electron chi connectivity index (χ2n) is 2.85. The Labute approximate surface area is 80.9 Å². The smallest absolute Gasteiger partial charge is 0.155 e. The van der Waals surface area contributed by atoms with Crippen LogP contribution >= 0.6 is 11.6 Å². The van der Waals surface area contributed by atoms with E-state index >= 15 is 0 Å². The summed E-state index contributed by atoms with van der Waals surface area (Å²) in [5.74, 6) is 0.703. The van der Waals surface area contributed by atoms with E-state index in [1.54, 1.807) is 10.9 Å². The zero-order valence-corrected chi connectivity index (χ0v) is 8.17. The van der Waals surface area contributed by atoms with Gasteiger partial charge in [0.25, 0.3) is 0 Å². The highest BCUT2D eigenvalue weighted by atomic mass is 35.5. The third kappa shape index (κ3) is 1.25. The van der Waals surface area contributed by atoms with E-state index < -0.39 is 0 Å². The summed E-state index contributed by atoms with van der Waals surface area (Å²) in [5, 5.41) is 4.89. The van der Waals surface area contributed by atoms with Crippen molar-refractivity contribution in [1.29, 1.82) is 0 Å². The molecule has 2 aromatic rings. The van der Waals surface area contributed by atoms with Crippen molar-refractivity contribution in [2.24, 2.45) is 7.05 Å². The first-order valence-corrected chi connectivity index (χ1v) is 4.31. The molecule has 0 fully saturated rings. The van der Waals surface area contributed by atoms with Gasteiger partial charge in [-0.2, -0.15) is 5.10 Å². The number of aromatic nitrogens is 2. The minimum Gasteiger partial charge on any atom is -0.463 e. The first-order chi connectivity index (χ1) is 6.20. The summed E-state index contributed by atoms with van der Waals surface area (Å²) in [7, 11) is 1.85. The number of hydrogen-bond acceptors (Lipinski definition) is 2. The Morgan fingerprint density at radius 2 is 2.31 bits per heavy atom. The van der Waals surface area contributed by atoms with Crippen LogP contribution in [0.3, 0.4) is 0 Å². The van der Waals surface area contributed by atoms with Gasteiger partial charge in [0, 0.05) is 7.05 Å². The van der Waals surface area contributed by atoms with E-state index in [1.807, 2.05) is 26.1 Å². The van der Waals surface area contributed by atoms with Crippen LogP contribution in [0.2, 0.25) is 5.02 Å². The molecule has 0 saturated heterocycles. The van der Waals surface area contributed by atoms with Gasteiger partial charge in [-0.15, -0.1) is 0 Å². The highest BCUT2D eigenvalue weighted by Crippen LogP contribution is 2.29. The van der Waals surface area contributed by atoms with Crippen LogP contribution in [0, 0.1) is 6.92 Å². The van der Waals surface area contributed by atoms with Crippen molar-refractivity contribution in [3.05, 3.63) is 29.1 Å². The lowest BCUT2D eigenvalue weighted by Crippen LogP contribution is -1.92. The van der Waals surface area contributed by atoms with E-state index in [0.29, 0.717) is 16.5 Å². The van der Waals surface area contributed by atoms with Crippen LogP contribution in [0.25, 0.3) is 11.5 Å². The van der Waals surface area contributed by atoms with Gasteiger partial charge >= 0.3 is 0 Å². The van der Waals surface area contributed by atoms with Crippen molar-refractivity contribution in [3.63, 3.8) is 0 Å². The Balaban J connectivity index is 2.59. The van der Waals surface area contributed by atoms with Gasteiger partial charge in [0.1, 0.15) is 5.69 Å². The highest BCUT2D eigenvalue weighted by molar-refractivity contribution is 6.33. The first-order valence-electron chi connectivity index (χ1n) is 3.93. The topological polar surface area (TPSA) is 31.0 Å². The molecule has 4 heteroatoms. The third-order valence-electron chi connectivity index (χ3n) is 2.02. The molecular formula is C9H9ClN2O. The van der Waals surface area contributed by atoms with Gasteiger partial charge in [-0.3, -0.25) is 4.68 Å². The van der Waals surface area contributed by atoms with Crippen LogP contribution in [0.1, 0.15) is 5.69 Å². The Kier molecular flexibility index (Phi) is 1.88. The molecule has 0 aliphatic carbocycles. The Morgan fingerprint density at radius 3 is 2.77 bits per heavy atom. The van der Waals surface area contributed by atoms with Crippen LogP contribution in [0.15, 0.2) is 22.8 Å². The van der Waals surface area contributed by atoms with Crippen molar-refractivity contribution in [2.75, 3.05) is 0 Å². The fraction of sp³-hybridized carbons (Fsp3) is 0.222. The molecule has 0 saturated carbocycles. The molecule has 2 heterocycles. The summed E-state index contributed by atoms with van der Waals surface area (Å²) >= 11 is 6.06.